The van der Waals surface area contributed by atoms with Gasteiger partial charge in [0, 0.05) is 0 Å². The summed E-state index contributed by atoms with van der Waals surface area (Å²) >= 11 is 0. The van der Waals surface area contributed by atoms with E-state index in [0.717, 1.165) is 12.8 Å². The summed E-state index contributed by atoms with van der Waals surface area (Å²) in [4.78, 5) is 0. The van der Waals surface area contributed by atoms with Crippen molar-refractivity contribution in [3.8, 4) is 0 Å². The summed E-state index contributed by atoms with van der Waals surface area (Å²) < 4.78 is 12.6. The van der Waals surface area contributed by atoms with Gasteiger partial charge in [0.05, 0.1) is 0 Å². The Labute approximate surface area is 85.1 Å². The Morgan fingerprint density at radius 3 is 2.29 bits per heavy atom. The summed E-state index contributed by atoms with van der Waals surface area (Å²) in [5.41, 5.74) is 6.98. The first-order valence-electron chi connectivity index (χ1n) is 4.98. The molecule has 1 aromatic carbocycles. The van der Waals surface area contributed by atoms with Crippen LogP contribution in [0.4, 0.5) is 4.39 Å². The first-order valence-corrected chi connectivity index (χ1v) is 4.98. The fourth-order valence-corrected chi connectivity index (χ4v) is 1.24. The second-order valence-corrected chi connectivity index (χ2v) is 4.49. The number of hydrogen-bond acceptors (Lipinski definition) is 1. The van der Waals surface area contributed by atoms with Crippen LogP contribution in [-0.4, -0.2) is 6.54 Å². The van der Waals surface area contributed by atoms with E-state index in [-0.39, 0.29) is 11.2 Å². The third kappa shape index (κ3) is 3.46. The molecule has 1 nitrogen and oxygen atoms in total. The Kier molecular flexibility index (Phi) is 3.64. The molecule has 0 radical (unpaired) electrons. The molecule has 0 heterocycles. The molecule has 0 fully saturated rings. The zero-order valence-corrected chi connectivity index (χ0v) is 8.89. The Morgan fingerprint density at radius 1 is 1.21 bits per heavy atom. The van der Waals surface area contributed by atoms with Crippen LogP contribution in [0.1, 0.15) is 25.8 Å². The van der Waals surface area contributed by atoms with Gasteiger partial charge >= 0.3 is 0 Å². The summed E-state index contributed by atoms with van der Waals surface area (Å²) in [5.74, 6) is -0.174. The Morgan fingerprint density at radius 2 is 1.79 bits per heavy atom. The van der Waals surface area contributed by atoms with E-state index in [1.54, 1.807) is 0 Å². The van der Waals surface area contributed by atoms with Crippen LogP contribution in [0, 0.1) is 11.2 Å². The molecule has 2 N–H and O–H groups in total. The molecule has 0 aliphatic rings. The topological polar surface area (TPSA) is 26.0 Å². The minimum atomic E-state index is -0.174. The highest BCUT2D eigenvalue weighted by molar-refractivity contribution is 5.16. The first-order chi connectivity index (χ1) is 6.53. The van der Waals surface area contributed by atoms with Gasteiger partial charge in [0.2, 0.25) is 0 Å². The number of halogens is 1. The van der Waals surface area contributed by atoms with Crippen LogP contribution in [0.15, 0.2) is 24.3 Å². The standard InChI is InChI=1S/C12H18FN/c1-12(2,9-14)8-7-10-3-5-11(13)6-4-10/h3-6H,7-9,14H2,1-2H3. The van der Waals surface area contributed by atoms with Crippen LogP contribution in [0.2, 0.25) is 0 Å². The largest absolute Gasteiger partial charge is 0.330 e. The lowest BCUT2D eigenvalue weighted by molar-refractivity contribution is 0.348. The fourth-order valence-electron chi connectivity index (χ4n) is 1.24. The minimum Gasteiger partial charge on any atom is -0.330 e. The lowest BCUT2D eigenvalue weighted by Crippen LogP contribution is -2.23. The summed E-state index contributed by atoms with van der Waals surface area (Å²) in [7, 11) is 0. The van der Waals surface area contributed by atoms with Crippen LogP contribution in [0.5, 0.6) is 0 Å². The molecule has 1 aromatic rings. The van der Waals surface area contributed by atoms with E-state index in [1.165, 1.54) is 17.7 Å². The molecule has 0 aliphatic heterocycles. The Balaban J connectivity index is 2.50. The van der Waals surface area contributed by atoms with E-state index in [2.05, 4.69) is 13.8 Å². The normalized spacial score (nSPS) is 11.7. The number of hydrogen-bond donors (Lipinski definition) is 1. The maximum atomic E-state index is 12.6. The summed E-state index contributed by atoms with van der Waals surface area (Å²) in [5, 5.41) is 0. The van der Waals surface area contributed by atoms with Gasteiger partial charge in [-0.25, -0.2) is 4.39 Å². The van der Waals surface area contributed by atoms with Gasteiger partial charge < -0.3 is 5.73 Å². The Bertz CT molecular complexity index is 277. The molecule has 78 valence electrons. The molecule has 0 aromatic heterocycles. The van der Waals surface area contributed by atoms with Crippen molar-refractivity contribution in [1.82, 2.24) is 0 Å². The van der Waals surface area contributed by atoms with Gasteiger partial charge in [-0.1, -0.05) is 26.0 Å². The number of benzene rings is 1. The fraction of sp³-hybridized carbons (Fsp3) is 0.500. The van der Waals surface area contributed by atoms with Crippen molar-refractivity contribution in [3.63, 3.8) is 0 Å². The van der Waals surface area contributed by atoms with Crippen LogP contribution < -0.4 is 5.73 Å². The zero-order chi connectivity index (χ0) is 10.6. The molecule has 0 bridgehead atoms. The maximum absolute atomic E-state index is 12.6. The molecule has 1 rings (SSSR count). The summed E-state index contributed by atoms with van der Waals surface area (Å²) in [6.45, 7) is 4.99. The summed E-state index contributed by atoms with van der Waals surface area (Å²) in [6, 6.07) is 6.68. The van der Waals surface area contributed by atoms with E-state index in [4.69, 9.17) is 5.73 Å². The second kappa shape index (κ2) is 4.56. The van der Waals surface area contributed by atoms with Crippen molar-refractivity contribution in [2.75, 3.05) is 6.54 Å². The van der Waals surface area contributed by atoms with Crippen LogP contribution in [0.3, 0.4) is 0 Å². The average molecular weight is 195 g/mol. The van der Waals surface area contributed by atoms with Crippen molar-refractivity contribution in [2.45, 2.75) is 26.7 Å². The Hall–Kier alpha value is -0.890. The molecule has 2 heteroatoms. The van der Waals surface area contributed by atoms with Gasteiger partial charge in [-0.15, -0.1) is 0 Å². The van der Waals surface area contributed by atoms with Gasteiger partial charge in [0.25, 0.3) is 0 Å². The third-order valence-electron chi connectivity index (χ3n) is 2.56. The average Bonchev–Trinajstić information content (AvgIpc) is 2.17. The smallest absolute Gasteiger partial charge is 0.123 e. The highest BCUT2D eigenvalue weighted by Gasteiger charge is 2.14. The predicted molar refractivity (Wildman–Crippen MR) is 57.6 cm³/mol. The van der Waals surface area contributed by atoms with E-state index in [1.807, 2.05) is 12.1 Å². The molecule has 0 saturated carbocycles. The number of nitrogens with two attached hydrogens (primary N) is 1. The molecule has 0 saturated heterocycles. The number of rotatable bonds is 4. The predicted octanol–water partition coefficient (Wildman–Crippen LogP) is 2.74. The van der Waals surface area contributed by atoms with Crippen molar-refractivity contribution >= 4 is 0 Å². The van der Waals surface area contributed by atoms with Crippen molar-refractivity contribution in [2.24, 2.45) is 11.1 Å². The van der Waals surface area contributed by atoms with Crippen molar-refractivity contribution in [3.05, 3.63) is 35.6 Å². The van der Waals surface area contributed by atoms with Gasteiger partial charge in [0.15, 0.2) is 0 Å². The maximum Gasteiger partial charge on any atom is 0.123 e. The summed E-state index contributed by atoms with van der Waals surface area (Å²) in [6.07, 6.45) is 2.00. The molecule has 0 aliphatic carbocycles. The molecule has 0 atom stereocenters. The monoisotopic (exact) mass is 195 g/mol. The molecular formula is C12H18FN. The lowest BCUT2D eigenvalue weighted by atomic mass is 9.86. The highest BCUT2D eigenvalue weighted by atomic mass is 19.1. The highest BCUT2D eigenvalue weighted by Crippen LogP contribution is 2.21. The van der Waals surface area contributed by atoms with E-state index >= 15 is 0 Å². The first kappa shape index (κ1) is 11.2. The van der Waals surface area contributed by atoms with Gasteiger partial charge in [-0.2, -0.15) is 0 Å². The zero-order valence-electron chi connectivity index (χ0n) is 8.89. The molecular weight excluding hydrogens is 177 g/mol. The van der Waals surface area contributed by atoms with E-state index < -0.39 is 0 Å². The van der Waals surface area contributed by atoms with Gasteiger partial charge in [0.1, 0.15) is 5.82 Å². The van der Waals surface area contributed by atoms with Crippen molar-refractivity contribution in [1.29, 1.82) is 0 Å². The van der Waals surface area contributed by atoms with Gasteiger partial charge in [-0.3, -0.25) is 0 Å². The van der Waals surface area contributed by atoms with Crippen LogP contribution in [-0.2, 0) is 6.42 Å². The lowest BCUT2D eigenvalue weighted by Gasteiger charge is -2.21. The number of aryl methyl sites for hydroxylation is 1. The van der Waals surface area contributed by atoms with Crippen LogP contribution >= 0.6 is 0 Å². The second-order valence-electron chi connectivity index (χ2n) is 4.49. The SMILES string of the molecule is CC(C)(CN)CCc1ccc(F)cc1. The third-order valence-corrected chi connectivity index (χ3v) is 2.56. The molecule has 0 spiro atoms. The molecule has 0 unspecified atom stereocenters. The minimum absolute atomic E-state index is 0.174. The van der Waals surface area contributed by atoms with Gasteiger partial charge in [-0.05, 0) is 42.5 Å². The quantitative estimate of drug-likeness (QED) is 0.785. The molecule has 0 amide bonds. The van der Waals surface area contributed by atoms with Crippen LogP contribution in [0.25, 0.3) is 0 Å². The van der Waals surface area contributed by atoms with E-state index in [9.17, 15) is 4.39 Å². The molecule has 14 heavy (non-hydrogen) atoms. The van der Waals surface area contributed by atoms with Crippen molar-refractivity contribution < 1.29 is 4.39 Å². The van der Waals surface area contributed by atoms with E-state index in [0.29, 0.717) is 6.54 Å².